The second kappa shape index (κ2) is 6.54. The molecule has 0 spiro atoms. The van der Waals surface area contributed by atoms with Crippen LogP contribution in [0.2, 0.25) is 0 Å². The maximum absolute atomic E-state index is 11.9. The van der Waals surface area contributed by atoms with E-state index < -0.39 is 0 Å². The van der Waals surface area contributed by atoms with Crippen LogP contribution in [0, 0.1) is 5.92 Å². The third-order valence-corrected chi connectivity index (χ3v) is 2.75. The zero-order valence-corrected chi connectivity index (χ0v) is 11.7. The Kier molecular flexibility index (Phi) is 5.34. The van der Waals surface area contributed by atoms with Gasteiger partial charge in [-0.2, -0.15) is 5.10 Å². The van der Waals surface area contributed by atoms with Crippen LogP contribution in [0.25, 0.3) is 0 Å². The van der Waals surface area contributed by atoms with Gasteiger partial charge in [-0.25, -0.2) is 0 Å². The zero-order valence-electron chi connectivity index (χ0n) is 11.7. The van der Waals surface area contributed by atoms with E-state index in [1.165, 1.54) is 0 Å². The van der Waals surface area contributed by atoms with Gasteiger partial charge in [-0.1, -0.05) is 0 Å². The molecule has 5 heteroatoms. The molecule has 0 aliphatic carbocycles. The van der Waals surface area contributed by atoms with Gasteiger partial charge < -0.3 is 11.1 Å². The molecule has 0 aliphatic heterocycles. The summed E-state index contributed by atoms with van der Waals surface area (Å²) in [7, 11) is 0. The van der Waals surface area contributed by atoms with Crippen molar-refractivity contribution in [1.29, 1.82) is 0 Å². The Labute approximate surface area is 109 Å². The third-order valence-electron chi connectivity index (χ3n) is 2.75. The van der Waals surface area contributed by atoms with Crippen molar-refractivity contribution >= 4 is 5.91 Å². The largest absolute Gasteiger partial charge is 0.354 e. The summed E-state index contributed by atoms with van der Waals surface area (Å²) in [5.41, 5.74) is 6.73. The maximum atomic E-state index is 11.9. The van der Waals surface area contributed by atoms with Gasteiger partial charge in [0.15, 0.2) is 0 Å². The van der Waals surface area contributed by atoms with Crippen molar-refractivity contribution in [3.8, 4) is 0 Å². The van der Waals surface area contributed by atoms with Crippen molar-refractivity contribution < 1.29 is 4.79 Å². The van der Waals surface area contributed by atoms with E-state index in [9.17, 15) is 4.79 Å². The molecule has 1 amide bonds. The average Bonchev–Trinajstić information content (AvgIpc) is 2.73. The number of carbonyl (C=O) groups excluding carboxylic acids is 1. The molecule has 0 saturated carbocycles. The normalized spacial score (nSPS) is 13.1. The predicted molar refractivity (Wildman–Crippen MR) is 72.1 cm³/mol. The summed E-state index contributed by atoms with van der Waals surface area (Å²) in [4.78, 5) is 11.9. The predicted octanol–water partition coefficient (Wildman–Crippen LogP) is 1.11. The van der Waals surface area contributed by atoms with E-state index in [2.05, 4.69) is 24.3 Å². The van der Waals surface area contributed by atoms with Crippen LogP contribution in [-0.2, 0) is 11.2 Å². The Bertz CT molecular complexity index is 384. The number of hydrogen-bond donors (Lipinski definition) is 2. The lowest BCUT2D eigenvalue weighted by Crippen LogP contribution is -2.39. The molecule has 1 atom stereocenters. The van der Waals surface area contributed by atoms with Crippen molar-refractivity contribution in [2.75, 3.05) is 6.54 Å². The Morgan fingerprint density at radius 1 is 1.44 bits per heavy atom. The van der Waals surface area contributed by atoms with Gasteiger partial charge in [-0.05, 0) is 39.7 Å². The minimum Gasteiger partial charge on any atom is -0.354 e. The summed E-state index contributed by atoms with van der Waals surface area (Å²) in [6, 6.07) is 0.476. The Morgan fingerprint density at radius 3 is 2.56 bits per heavy atom. The number of aromatic nitrogens is 2. The molecule has 0 bridgehead atoms. The van der Waals surface area contributed by atoms with Gasteiger partial charge in [0.25, 0.3) is 0 Å². The summed E-state index contributed by atoms with van der Waals surface area (Å²) in [5.74, 6) is -0.165. The molecule has 0 radical (unpaired) electrons. The van der Waals surface area contributed by atoms with Crippen LogP contribution < -0.4 is 11.1 Å². The molecule has 0 aromatic carbocycles. The molecule has 18 heavy (non-hydrogen) atoms. The summed E-state index contributed by atoms with van der Waals surface area (Å²) in [6.07, 6.45) is 4.43. The highest BCUT2D eigenvalue weighted by atomic mass is 16.1. The van der Waals surface area contributed by atoms with Gasteiger partial charge in [0, 0.05) is 24.8 Å². The first-order valence-electron chi connectivity index (χ1n) is 6.47. The van der Waals surface area contributed by atoms with Gasteiger partial charge in [0.2, 0.25) is 5.91 Å². The van der Waals surface area contributed by atoms with Crippen LogP contribution in [0.4, 0.5) is 0 Å². The number of rotatable bonds is 6. The minimum atomic E-state index is -0.183. The maximum Gasteiger partial charge on any atom is 0.224 e. The third kappa shape index (κ3) is 4.14. The Morgan fingerprint density at radius 2 is 2.11 bits per heavy atom. The molecule has 0 fully saturated rings. The van der Waals surface area contributed by atoms with E-state index in [-0.39, 0.29) is 17.9 Å². The van der Waals surface area contributed by atoms with Crippen molar-refractivity contribution in [3.63, 3.8) is 0 Å². The summed E-state index contributed by atoms with van der Waals surface area (Å²) < 4.78 is 1.89. The van der Waals surface area contributed by atoms with Crippen LogP contribution in [0.3, 0.4) is 0 Å². The van der Waals surface area contributed by atoms with Crippen molar-refractivity contribution in [1.82, 2.24) is 15.1 Å². The standard InChI is InChI=1S/C13H24N4O/c1-9(2)16-13(18)12(6-14)5-11-7-15-17(8-11)10(3)4/h7-10,12H,5-6,14H2,1-4H3,(H,16,18). The highest BCUT2D eigenvalue weighted by Gasteiger charge is 2.18. The van der Waals surface area contributed by atoms with Crippen molar-refractivity contribution in [2.45, 2.75) is 46.2 Å². The lowest BCUT2D eigenvalue weighted by atomic mass is 10.0. The number of nitrogens with one attached hydrogen (secondary N) is 1. The number of nitrogens with zero attached hydrogens (tertiary/aromatic N) is 2. The number of hydrogen-bond acceptors (Lipinski definition) is 3. The quantitative estimate of drug-likeness (QED) is 0.796. The number of nitrogens with two attached hydrogens (primary N) is 1. The zero-order chi connectivity index (χ0) is 13.7. The number of amides is 1. The van der Waals surface area contributed by atoms with E-state index in [4.69, 9.17) is 5.73 Å². The molecule has 1 rings (SSSR count). The highest BCUT2D eigenvalue weighted by Crippen LogP contribution is 2.10. The van der Waals surface area contributed by atoms with Gasteiger partial charge in [0.1, 0.15) is 0 Å². The molecule has 5 nitrogen and oxygen atoms in total. The molecule has 1 heterocycles. The van der Waals surface area contributed by atoms with E-state index >= 15 is 0 Å². The molecule has 1 aromatic rings. The van der Waals surface area contributed by atoms with Crippen molar-refractivity contribution in [2.24, 2.45) is 11.7 Å². The second-order valence-electron chi connectivity index (χ2n) is 5.22. The fourth-order valence-electron chi connectivity index (χ4n) is 1.74. The molecule has 1 aromatic heterocycles. The highest BCUT2D eigenvalue weighted by molar-refractivity contribution is 5.79. The molecule has 102 valence electrons. The first-order chi connectivity index (χ1) is 8.43. The van der Waals surface area contributed by atoms with E-state index in [0.717, 1.165) is 5.56 Å². The molecule has 1 unspecified atom stereocenters. The molecular formula is C13H24N4O. The fourth-order valence-corrected chi connectivity index (χ4v) is 1.74. The molecule has 0 aliphatic rings. The van der Waals surface area contributed by atoms with Crippen LogP contribution in [0.15, 0.2) is 12.4 Å². The topological polar surface area (TPSA) is 72.9 Å². The minimum absolute atomic E-state index is 0.0183. The van der Waals surface area contributed by atoms with Crippen LogP contribution in [-0.4, -0.2) is 28.3 Å². The van der Waals surface area contributed by atoms with Gasteiger partial charge >= 0.3 is 0 Å². The summed E-state index contributed by atoms with van der Waals surface area (Å²) in [5, 5.41) is 7.16. The fraction of sp³-hybridized carbons (Fsp3) is 0.692. The van der Waals surface area contributed by atoms with E-state index in [1.807, 2.05) is 30.9 Å². The summed E-state index contributed by atoms with van der Waals surface area (Å²) >= 11 is 0. The lowest BCUT2D eigenvalue weighted by molar-refractivity contribution is -0.125. The van der Waals surface area contributed by atoms with Crippen LogP contribution >= 0.6 is 0 Å². The SMILES string of the molecule is CC(C)NC(=O)C(CN)Cc1cnn(C(C)C)c1. The first kappa shape index (κ1) is 14.7. The van der Waals surface area contributed by atoms with Gasteiger partial charge in [0.05, 0.1) is 12.1 Å². The van der Waals surface area contributed by atoms with Gasteiger partial charge in [-0.15, -0.1) is 0 Å². The molecule has 0 saturated heterocycles. The van der Waals surface area contributed by atoms with Crippen LogP contribution in [0.5, 0.6) is 0 Å². The van der Waals surface area contributed by atoms with Crippen molar-refractivity contribution in [3.05, 3.63) is 18.0 Å². The number of carbonyl (C=O) groups is 1. The van der Waals surface area contributed by atoms with E-state index in [0.29, 0.717) is 19.0 Å². The monoisotopic (exact) mass is 252 g/mol. The first-order valence-corrected chi connectivity index (χ1v) is 6.47. The lowest BCUT2D eigenvalue weighted by Gasteiger charge is -2.16. The summed E-state index contributed by atoms with van der Waals surface area (Å²) in [6.45, 7) is 8.39. The van der Waals surface area contributed by atoms with Crippen LogP contribution in [0.1, 0.15) is 39.3 Å². The smallest absolute Gasteiger partial charge is 0.224 e. The van der Waals surface area contributed by atoms with Gasteiger partial charge in [-0.3, -0.25) is 9.48 Å². The van der Waals surface area contributed by atoms with E-state index in [1.54, 1.807) is 0 Å². The average molecular weight is 252 g/mol. The Hall–Kier alpha value is -1.36. The molecular weight excluding hydrogens is 228 g/mol. The Balaban J connectivity index is 2.64. The molecule has 3 N–H and O–H groups in total. The second-order valence-corrected chi connectivity index (χ2v) is 5.22.